The maximum Gasteiger partial charge on any atom is 0.303 e. The van der Waals surface area contributed by atoms with Gasteiger partial charge < -0.3 is 10.4 Å². The lowest BCUT2D eigenvalue weighted by Crippen LogP contribution is -2.40. The monoisotopic (exact) mass is 325 g/mol. The van der Waals surface area contributed by atoms with Crippen LogP contribution < -0.4 is 5.32 Å². The third-order valence-electron chi connectivity index (χ3n) is 3.74. The topological polar surface area (TPSA) is 66.4 Å². The average Bonchev–Trinajstić information content (AvgIpc) is 2.46. The summed E-state index contributed by atoms with van der Waals surface area (Å²) in [6.07, 6.45) is 3.58. The molecule has 0 aliphatic rings. The van der Waals surface area contributed by atoms with Gasteiger partial charge in [-0.2, -0.15) is 0 Å². The molecule has 0 atom stereocenters. The van der Waals surface area contributed by atoms with E-state index in [0.29, 0.717) is 18.0 Å². The molecule has 2 N–H and O–H groups in total. The van der Waals surface area contributed by atoms with Crippen molar-refractivity contribution in [3.63, 3.8) is 0 Å². The summed E-state index contributed by atoms with van der Waals surface area (Å²) in [5, 5.41) is 12.1. The van der Waals surface area contributed by atoms with E-state index in [4.69, 9.17) is 16.7 Å². The summed E-state index contributed by atoms with van der Waals surface area (Å²) in [4.78, 5) is 22.7. The van der Waals surface area contributed by atoms with E-state index in [0.717, 1.165) is 24.8 Å². The average molecular weight is 326 g/mol. The van der Waals surface area contributed by atoms with Crippen molar-refractivity contribution in [1.82, 2.24) is 5.32 Å². The molecule has 0 saturated heterocycles. The van der Waals surface area contributed by atoms with Crippen molar-refractivity contribution in [2.75, 3.05) is 6.54 Å². The summed E-state index contributed by atoms with van der Waals surface area (Å²) in [6, 6.07) is 7.31. The Kier molecular flexibility index (Phi) is 7.39. The highest BCUT2D eigenvalue weighted by atomic mass is 35.5. The highest BCUT2D eigenvalue weighted by Gasteiger charge is 2.29. The summed E-state index contributed by atoms with van der Waals surface area (Å²) in [5.41, 5.74) is 0.323. The molecule has 1 amide bonds. The van der Waals surface area contributed by atoms with Crippen LogP contribution in [-0.2, 0) is 15.0 Å². The second kappa shape index (κ2) is 8.79. The van der Waals surface area contributed by atoms with Crippen molar-refractivity contribution in [2.24, 2.45) is 0 Å². The zero-order valence-corrected chi connectivity index (χ0v) is 13.9. The number of amides is 1. The Morgan fingerprint density at radius 2 is 1.68 bits per heavy atom. The van der Waals surface area contributed by atoms with E-state index in [2.05, 4.69) is 5.32 Å². The first kappa shape index (κ1) is 18.5. The fourth-order valence-corrected chi connectivity index (χ4v) is 2.30. The van der Waals surface area contributed by atoms with Crippen molar-refractivity contribution in [3.05, 3.63) is 34.9 Å². The lowest BCUT2D eigenvalue weighted by Gasteiger charge is -2.24. The van der Waals surface area contributed by atoms with Gasteiger partial charge in [0, 0.05) is 18.0 Å². The lowest BCUT2D eigenvalue weighted by molar-refractivity contribution is -0.137. The second-order valence-corrected chi connectivity index (χ2v) is 6.38. The van der Waals surface area contributed by atoms with Crippen LogP contribution in [0.15, 0.2) is 24.3 Å². The molecule has 122 valence electrons. The van der Waals surface area contributed by atoms with Crippen molar-refractivity contribution >= 4 is 23.5 Å². The lowest BCUT2D eigenvalue weighted by atomic mass is 9.84. The van der Waals surface area contributed by atoms with Gasteiger partial charge in [0.05, 0.1) is 5.41 Å². The van der Waals surface area contributed by atoms with Crippen LogP contribution in [0.3, 0.4) is 0 Å². The van der Waals surface area contributed by atoms with Gasteiger partial charge >= 0.3 is 5.97 Å². The summed E-state index contributed by atoms with van der Waals surface area (Å²) in [5.74, 6) is -0.765. The van der Waals surface area contributed by atoms with E-state index in [9.17, 15) is 9.59 Å². The molecule has 0 aliphatic heterocycles. The minimum Gasteiger partial charge on any atom is -0.481 e. The van der Waals surface area contributed by atoms with Crippen LogP contribution in [0.4, 0.5) is 0 Å². The van der Waals surface area contributed by atoms with Gasteiger partial charge in [-0.05, 0) is 44.4 Å². The Bertz CT molecular complexity index is 497. The van der Waals surface area contributed by atoms with Gasteiger partial charge in [0.2, 0.25) is 5.91 Å². The fourth-order valence-electron chi connectivity index (χ4n) is 2.18. The number of nitrogens with one attached hydrogen (secondary N) is 1. The zero-order valence-electron chi connectivity index (χ0n) is 13.2. The molecular weight excluding hydrogens is 302 g/mol. The number of benzene rings is 1. The minimum absolute atomic E-state index is 0.0136. The first-order valence-electron chi connectivity index (χ1n) is 7.60. The maximum atomic E-state index is 12.3. The largest absolute Gasteiger partial charge is 0.481 e. The third-order valence-corrected chi connectivity index (χ3v) is 3.99. The van der Waals surface area contributed by atoms with Crippen LogP contribution in [-0.4, -0.2) is 23.5 Å². The smallest absolute Gasteiger partial charge is 0.303 e. The molecule has 22 heavy (non-hydrogen) atoms. The number of unbranched alkanes of at least 4 members (excludes halogenated alkanes) is 3. The van der Waals surface area contributed by atoms with Crippen molar-refractivity contribution < 1.29 is 14.7 Å². The van der Waals surface area contributed by atoms with E-state index in [1.165, 1.54) is 0 Å². The molecule has 0 heterocycles. The number of rotatable bonds is 9. The fraction of sp³-hybridized carbons (Fsp3) is 0.529. The van der Waals surface area contributed by atoms with Gasteiger partial charge in [-0.1, -0.05) is 36.6 Å². The van der Waals surface area contributed by atoms with Gasteiger partial charge in [-0.25, -0.2) is 0 Å². The Labute approximate surface area is 136 Å². The number of carbonyl (C=O) groups excluding carboxylic acids is 1. The Morgan fingerprint density at radius 1 is 1.09 bits per heavy atom. The second-order valence-electron chi connectivity index (χ2n) is 5.95. The molecule has 0 aromatic heterocycles. The highest BCUT2D eigenvalue weighted by molar-refractivity contribution is 6.30. The number of aliphatic carboxylic acids is 1. The van der Waals surface area contributed by atoms with Crippen LogP contribution in [0.5, 0.6) is 0 Å². The van der Waals surface area contributed by atoms with E-state index >= 15 is 0 Å². The van der Waals surface area contributed by atoms with Crippen LogP contribution in [0.2, 0.25) is 5.02 Å². The van der Waals surface area contributed by atoms with Gasteiger partial charge in [0.1, 0.15) is 0 Å². The van der Waals surface area contributed by atoms with Crippen molar-refractivity contribution in [2.45, 2.75) is 51.4 Å². The summed E-state index contributed by atoms with van der Waals surface area (Å²) >= 11 is 5.87. The van der Waals surface area contributed by atoms with Gasteiger partial charge in [0.25, 0.3) is 0 Å². The van der Waals surface area contributed by atoms with Crippen LogP contribution in [0, 0.1) is 0 Å². The Hall–Kier alpha value is -1.55. The molecular formula is C17H24ClNO3. The van der Waals surface area contributed by atoms with Crippen LogP contribution in [0.1, 0.15) is 51.5 Å². The molecule has 0 bridgehead atoms. The van der Waals surface area contributed by atoms with E-state index in [1.54, 1.807) is 12.1 Å². The summed E-state index contributed by atoms with van der Waals surface area (Å²) in [7, 11) is 0. The number of halogens is 1. The normalized spacial score (nSPS) is 11.2. The van der Waals surface area contributed by atoms with Crippen LogP contribution in [0.25, 0.3) is 0 Å². The number of hydrogen-bond acceptors (Lipinski definition) is 2. The van der Waals surface area contributed by atoms with Crippen molar-refractivity contribution in [1.29, 1.82) is 0 Å². The molecule has 0 spiro atoms. The molecule has 1 aromatic rings. The van der Waals surface area contributed by atoms with Crippen molar-refractivity contribution in [3.8, 4) is 0 Å². The first-order valence-corrected chi connectivity index (χ1v) is 7.98. The molecule has 1 rings (SSSR count). The maximum absolute atomic E-state index is 12.3. The van der Waals surface area contributed by atoms with Gasteiger partial charge in [-0.15, -0.1) is 0 Å². The molecule has 1 aromatic carbocycles. The predicted molar refractivity (Wildman–Crippen MR) is 88.2 cm³/mol. The predicted octanol–water partition coefficient (Wildman–Crippen LogP) is 3.77. The molecule has 4 nitrogen and oxygen atoms in total. The molecule has 0 fully saturated rings. The standard InChI is InChI=1S/C17H24ClNO3/c1-17(2,13-8-10-14(18)11-9-13)16(22)19-12-6-4-3-5-7-15(20)21/h8-11H,3-7,12H2,1-2H3,(H,19,22)(H,20,21). The molecule has 0 saturated carbocycles. The van der Waals surface area contributed by atoms with E-state index in [-0.39, 0.29) is 12.3 Å². The SMILES string of the molecule is CC(C)(C(=O)NCCCCCCC(=O)O)c1ccc(Cl)cc1. The molecule has 0 aliphatic carbocycles. The third kappa shape index (κ3) is 6.06. The van der Waals surface area contributed by atoms with Gasteiger partial charge in [0.15, 0.2) is 0 Å². The quantitative estimate of drug-likeness (QED) is 0.679. The summed E-state index contributed by atoms with van der Waals surface area (Å²) < 4.78 is 0. The highest BCUT2D eigenvalue weighted by Crippen LogP contribution is 2.24. The zero-order chi connectivity index (χ0) is 16.6. The molecule has 5 heteroatoms. The number of carboxylic acid groups (broad SMARTS) is 1. The number of carbonyl (C=O) groups is 2. The molecule has 0 unspecified atom stereocenters. The first-order chi connectivity index (χ1) is 10.3. The Balaban J connectivity index is 2.32. The van der Waals surface area contributed by atoms with E-state index in [1.807, 2.05) is 26.0 Å². The summed E-state index contributed by atoms with van der Waals surface area (Å²) in [6.45, 7) is 4.39. The number of hydrogen-bond donors (Lipinski definition) is 2. The van der Waals surface area contributed by atoms with Gasteiger partial charge in [-0.3, -0.25) is 9.59 Å². The molecule has 0 radical (unpaired) electrons. The van der Waals surface area contributed by atoms with E-state index < -0.39 is 11.4 Å². The van der Waals surface area contributed by atoms with Crippen LogP contribution >= 0.6 is 11.6 Å². The minimum atomic E-state index is -0.752. The Morgan fingerprint density at radius 3 is 2.27 bits per heavy atom. The number of carboxylic acids is 1.